The van der Waals surface area contributed by atoms with Crippen LogP contribution in [-0.4, -0.2) is 13.7 Å². The fourth-order valence-electron chi connectivity index (χ4n) is 1.34. The highest BCUT2D eigenvalue weighted by Gasteiger charge is 2.08. The molecule has 0 spiro atoms. The number of benzene rings is 1. The molecule has 0 aliphatic rings. The van der Waals surface area contributed by atoms with Crippen molar-refractivity contribution in [3.8, 4) is 5.75 Å². The standard InChI is InChI=1S/C12H19NO/c1-4-9-14-12-8-6-5-7-11(12)10(2)13-3/h5-8,10,13H,4,9H2,1-3H3/t10-/m0/s1. The summed E-state index contributed by atoms with van der Waals surface area (Å²) in [6, 6.07) is 8.52. The van der Waals surface area contributed by atoms with Crippen molar-refractivity contribution >= 4 is 0 Å². The molecule has 2 nitrogen and oxygen atoms in total. The van der Waals surface area contributed by atoms with E-state index in [0.29, 0.717) is 6.04 Å². The molecule has 2 heteroatoms. The average molecular weight is 193 g/mol. The van der Waals surface area contributed by atoms with Crippen molar-refractivity contribution in [2.24, 2.45) is 0 Å². The van der Waals surface area contributed by atoms with E-state index in [1.54, 1.807) is 0 Å². The minimum Gasteiger partial charge on any atom is -0.493 e. The second-order valence-electron chi connectivity index (χ2n) is 3.40. The molecule has 1 atom stereocenters. The molecule has 78 valence electrons. The Balaban J connectivity index is 2.79. The van der Waals surface area contributed by atoms with Gasteiger partial charge in [-0.05, 0) is 26.5 Å². The lowest BCUT2D eigenvalue weighted by atomic mass is 10.1. The number of hydrogen-bond donors (Lipinski definition) is 1. The fraction of sp³-hybridized carbons (Fsp3) is 0.500. The Morgan fingerprint density at radius 1 is 1.36 bits per heavy atom. The zero-order valence-electron chi connectivity index (χ0n) is 9.21. The second kappa shape index (κ2) is 5.66. The Morgan fingerprint density at radius 3 is 2.71 bits per heavy atom. The van der Waals surface area contributed by atoms with Crippen LogP contribution in [0.4, 0.5) is 0 Å². The summed E-state index contributed by atoms with van der Waals surface area (Å²) >= 11 is 0. The zero-order chi connectivity index (χ0) is 10.4. The van der Waals surface area contributed by atoms with E-state index in [-0.39, 0.29) is 0 Å². The molecule has 0 saturated heterocycles. The van der Waals surface area contributed by atoms with Gasteiger partial charge in [-0.1, -0.05) is 25.1 Å². The lowest BCUT2D eigenvalue weighted by molar-refractivity contribution is 0.311. The average Bonchev–Trinajstić information content (AvgIpc) is 2.25. The molecule has 1 aromatic rings. The van der Waals surface area contributed by atoms with E-state index < -0.39 is 0 Å². The Bertz CT molecular complexity index is 273. The van der Waals surface area contributed by atoms with Gasteiger partial charge < -0.3 is 10.1 Å². The van der Waals surface area contributed by atoms with E-state index in [4.69, 9.17) is 4.74 Å². The number of para-hydroxylation sites is 1. The minimum atomic E-state index is 0.336. The molecule has 14 heavy (non-hydrogen) atoms. The smallest absolute Gasteiger partial charge is 0.124 e. The van der Waals surface area contributed by atoms with Crippen LogP contribution in [0.25, 0.3) is 0 Å². The molecule has 0 fully saturated rings. The Hall–Kier alpha value is -1.02. The van der Waals surface area contributed by atoms with Gasteiger partial charge in [0.05, 0.1) is 6.61 Å². The van der Waals surface area contributed by atoms with Crippen molar-refractivity contribution in [1.29, 1.82) is 0 Å². The molecule has 1 aromatic carbocycles. The normalized spacial score (nSPS) is 12.5. The molecule has 0 heterocycles. The van der Waals surface area contributed by atoms with Crippen molar-refractivity contribution < 1.29 is 4.74 Å². The molecule has 0 aromatic heterocycles. The number of ether oxygens (including phenoxy) is 1. The third-order valence-corrected chi connectivity index (χ3v) is 2.28. The van der Waals surface area contributed by atoms with Gasteiger partial charge in [0.15, 0.2) is 0 Å². The molecular weight excluding hydrogens is 174 g/mol. The fourth-order valence-corrected chi connectivity index (χ4v) is 1.34. The summed E-state index contributed by atoms with van der Waals surface area (Å²) in [5, 5.41) is 3.22. The SMILES string of the molecule is CCCOc1ccccc1[C@H](C)NC. The van der Waals surface area contributed by atoms with Crippen molar-refractivity contribution in [3.05, 3.63) is 29.8 Å². The molecule has 1 N–H and O–H groups in total. The van der Waals surface area contributed by atoms with Crippen LogP contribution in [0.15, 0.2) is 24.3 Å². The second-order valence-corrected chi connectivity index (χ2v) is 3.40. The van der Waals surface area contributed by atoms with Crippen LogP contribution in [0.2, 0.25) is 0 Å². The summed E-state index contributed by atoms with van der Waals surface area (Å²) in [6.45, 7) is 5.03. The maximum Gasteiger partial charge on any atom is 0.124 e. The zero-order valence-corrected chi connectivity index (χ0v) is 9.21. The van der Waals surface area contributed by atoms with Crippen molar-refractivity contribution in [2.75, 3.05) is 13.7 Å². The van der Waals surface area contributed by atoms with Crippen molar-refractivity contribution in [1.82, 2.24) is 5.32 Å². The lowest BCUT2D eigenvalue weighted by Gasteiger charge is -2.15. The number of hydrogen-bond acceptors (Lipinski definition) is 2. The van der Waals surface area contributed by atoms with Gasteiger partial charge in [-0.15, -0.1) is 0 Å². The van der Waals surface area contributed by atoms with Gasteiger partial charge in [-0.2, -0.15) is 0 Å². The predicted molar refractivity (Wildman–Crippen MR) is 59.7 cm³/mol. The Kier molecular flexibility index (Phi) is 4.47. The highest BCUT2D eigenvalue weighted by Crippen LogP contribution is 2.24. The van der Waals surface area contributed by atoms with Crippen LogP contribution in [-0.2, 0) is 0 Å². The summed E-state index contributed by atoms with van der Waals surface area (Å²) in [5.41, 5.74) is 1.23. The Labute approximate surface area is 86.3 Å². The summed E-state index contributed by atoms with van der Waals surface area (Å²) in [7, 11) is 1.96. The molecular formula is C12H19NO. The molecule has 0 saturated carbocycles. The van der Waals surface area contributed by atoms with Crippen LogP contribution in [0, 0.1) is 0 Å². The van der Waals surface area contributed by atoms with Gasteiger partial charge in [0.1, 0.15) is 5.75 Å². The number of rotatable bonds is 5. The van der Waals surface area contributed by atoms with Gasteiger partial charge in [-0.25, -0.2) is 0 Å². The maximum absolute atomic E-state index is 5.67. The highest BCUT2D eigenvalue weighted by molar-refractivity contribution is 5.35. The van der Waals surface area contributed by atoms with Crippen LogP contribution >= 0.6 is 0 Å². The van der Waals surface area contributed by atoms with Crippen LogP contribution in [0.5, 0.6) is 5.75 Å². The van der Waals surface area contributed by atoms with Crippen LogP contribution < -0.4 is 10.1 Å². The van der Waals surface area contributed by atoms with Crippen LogP contribution in [0.3, 0.4) is 0 Å². The van der Waals surface area contributed by atoms with Crippen molar-refractivity contribution in [3.63, 3.8) is 0 Å². The van der Waals surface area contributed by atoms with E-state index in [9.17, 15) is 0 Å². The molecule has 0 radical (unpaired) electrons. The first kappa shape index (κ1) is 11.1. The van der Waals surface area contributed by atoms with Crippen molar-refractivity contribution in [2.45, 2.75) is 26.3 Å². The maximum atomic E-state index is 5.67. The third kappa shape index (κ3) is 2.74. The van der Waals surface area contributed by atoms with E-state index in [1.165, 1.54) is 5.56 Å². The highest BCUT2D eigenvalue weighted by atomic mass is 16.5. The Morgan fingerprint density at radius 2 is 2.07 bits per heavy atom. The summed E-state index contributed by atoms with van der Waals surface area (Å²) in [6.07, 6.45) is 1.04. The number of nitrogens with one attached hydrogen (secondary N) is 1. The van der Waals surface area contributed by atoms with Gasteiger partial charge >= 0.3 is 0 Å². The molecule has 1 rings (SSSR count). The van der Waals surface area contributed by atoms with E-state index in [2.05, 4.69) is 25.2 Å². The van der Waals surface area contributed by atoms with E-state index in [1.807, 2.05) is 25.2 Å². The van der Waals surface area contributed by atoms with E-state index in [0.717, 1.165) is 18.8 Å². The first-order valence-electron chi connectivity index (χ1n) is 5.18. The largest absolute Gasteiger partial charge is 0.493 e. The predicted octanol–water partition coefficient (Wildman–Crippen LogP) is 2.76. The van der Waals surface area contributed by atoms with Gasteiger partial charge in [0.25, 0.3) is 0 Å². The third-order valence-electron chi connectivity index (χ3n) is 2.28. The molecule has 0 aliphatic carbocycles. The summed E-state index contributed by atoms with van der Waals surface area (Å²) in [5.74, 6) is 0.996. The monoisotopic (exact) mass is 193 g/mol. The molecule has 0 bridgehead atoms. The molecule has 0 amide bonds. The summed E-state index contributed by atoms with van der Waals surface area (Å²) in [4.78, 5) is 0. The van der Waals surface area contributed by atoms with E-state index >= 15 is 0 Å². The van der Waals surface area contributed by atoms with Gasteiger partial charge in [0, 0.05) is 11.6 Å². The summed E-state index contributed by atoms with van der Waals surface area (Å²) < 4.78 is 5.67. The topological polar surface area (TPSA) is 21.3 Å². The lowest BCUT2D eigenvalue weighted by Crippen LogP contribution is -2.13. The quantitative estimate of drug-likeness (QED) is 0.776. The van der Waals surface area contributed by atoms with Gasteiger partial charge in [0.2, 0.25) is 0 Å². The van der Waals surface area contributed by atoms with Crippen LogP contribution in [0.1, 0.15) is 31.9 Å². The van der Waals surface area contributed by atoms with Gasteiger partial charge in [-0.3, -0.25) is 0 Å². The molecule has 0 aliphatic heterocycles. The minimum absolute atomic E-state index is 0.336. The first-order chi connectivity index (χ1) is 6.79. The molecule has 0 unspecified atom stereocenters. The first-order valence-corrected chi connectivity index (χ1v) is 5.18.